The maximum atomic E-state index is 14.7. The van der Waals surface area contributed by atoms with E-state index in [0.29, 0.717) is 22.4 Å². The van der Waals surface area contributed by atoms with E-state index in [1.165, 1.54) is 31.4 Å². The maximum absolute atomic E-state index is 14.7. The van der Waals surface area contributed by atoms with Crippen molar-refractivity contribution in [2.24, 2.45) is 5.41 Å². The molecule has 3 atom stereocenters. The van der Waals surface area contributed by atoms with E-state index in [2.05, 4.69) is 0 Å². The van der Waals surface area contributed by atoms with Gasteiger partial charge in [0.2, 0.25) is 0 Å². The molecule has 206 valence electrons. The van der Waals surface area contributed by atoms with Crippen LogP contribution in [0, 0.1) is 15.5 Å². The number of carbonyl (C=O) groups is 3. The second kappa shape index (κ2) is 9.34. The van der Waals surface area contributed by atoms with E-state index in [4.69, 9.17) is 4.74 Å². The van der Waals surface area contributed by atoms with Crippen molar-refractivity contribution in [1.82, 2.24) is 0 Å². The number of anilines is 1. The summed E-state index contributed by atoms with van der Waals surface area (Å²) in [6, 6.07) is 25.2. The predicted molar refractivity (Wildman–Crippen MR) is 156 cm³/mol. The summed E-state index contributed by atoms with van der Waals surface area (Å²) in [4.78, 5) is 56.7. The minimum atomic E-state index is -1.64. The molecule has 8 heteroatoms. The van der Waals surface area contributed by atoms with Gasteiger partial charge in [-0.25, -0.2) is 0 Å². The highest BCUT2D eigenvalue weighted by Crippen LogP contribution is 2.61. The Labute approximate surface area is 241 Å². The van der Waals surface area contributed by atoms with E-state index in [1.807, 2.05) is 47.4 Å². The second-order valence-corrected chi connectivity index (χ2v) is 10.7. The first-order valence-corrected chi connectivity index (χ1v) is 13.5. The van der Waals surface area contributed by atoms with Crippen molar-refractivity contribution < 1.29 is 24.0 Å². The number of nitro groups is 1. The number of hydrogen-bond acceptors (Lipinski definition) is 7. The van der Waals surface area contributed by atoms with Crippen molar-refractivity contribution in [3.63, 3.8) is 0 Å². The lowest BCUT2D eigenvalue weighted by Crippen LogP contribution is -2.48. The molecule has 1 saturated heterocycles. The lowest BCUT2D eigenvalue weighted by atomic mass is 9.64. The number of para-hydroxylation sites is 1. The van der Waals surface area contributed by atoms with Crippen LogP contribution in [0.15, 0.2) is 103 Å². The maximum Gasteiger partial charge on any atom is 0.269 e. The third-order valence-electron chi connectivity index (χ3n) is 8.80. The molecule has 3 aliphatic rings. The van der Waals surface area contributed by atoms with Crippen LogP contribution in [-0.2, 0) is 0 Å². The van der Waals surface area contributed by atoms with Crippen molar-refractivity contribution in [1.29, 1.82) is 0 Å². The molecule has 8 nitrogen and oxygen atoms in total. The van der Waals surface area contributed by atoms with Crippen LogP contribution in [0.25, 0.3) is 6.08 Å². The summed E-state index contributed by atoms with van der Waals surface area (Å²) in [6.45, 7) is 0. The third-order valence-corrected chi connectivity index (χ3v) is 8.80. The molecule has 2 aliphatic heterocycles. The fourth-order valence-corrected chi connectivity index (χ4v) is 7.04. The van der Waals surface area contributed by atoms with Crippen LogP contribution in [-0.4, -0.2) is 41.5 Å². The van der Waals surface area contributed by atoms with Gasteiger partial charge in [-0.2, -0.15) is 0 Å². The highest BCUT2D eigenvalue weighted by atomic mass is 16.6. The number of nitro benzene ring substituents is 1. The quantitative estimate of drug-likeness (QED) is 0.130. The number of ketones is 3. The summed E-state index contributed by atoms with van der Waals surface area (Å²) in [5.41, 5.74) is 1.35. The average Bonchev–Trinajstić information content (AvgIpc) is 3.47. The predicted octanol–water partition coefficient (Wildman–Crippen LogP) is 5.92. The Hall–Kier alpha value is -5.37. The molecule has 0 unspecified atom stereocenters. The van der Waals surface area contributed by atoms with Gasteiger partial charge in [-0.15, -0.1) is 0 Å². The Morgan fingerprint density at radius 3 is 2.21 bits per heavy atom. The summed E-state index contributed by atoms with van der Waals surface area (Å²) in [6.07, 6.45) is 3.77. The molecular formula is C34H24N2O6. The molecule has 0 N–H and O–H groups in total. The summed E-state index contributed by atoms with van der Waals surface area (Å²) < 4.78 is 5.53. The van der Waals surface area contributed by atoms with Gasteiger partial charge in [0.1, 0.15) is 17.2 Å². The summed E-state index contributed by atoms with van der Waals surface area (Å²) >= 11 is 0. The highest BCUT2D eigenvalue weighted by molar-refractivity contribution is 6.32. The first-order chi connectivity index (χ1) is 20.4. The van der Waals surface area contributed by atoms with Gasteiger partial charge in [-0.05, 0) is 41.5 Å². The van der Waals surface area contributed by atoms with Gasteiger partial charge < -0.3 is 9.64 Å². The first-order valence-electron chi connectivity index (χ1n) is 13.5. The van der Waals surface area contributed by atoms with E-state index in [1.54, 1.807) is 42.5 Å². The molecule has 4 aromatic rings. The molecule has 1 fully saturated rings. The van der Waals surface area contributed by atoms with Gasteiger partial charge in [-0.1, -0.05) is 66.7 Å². The Morgan fingerprint density at radius 2 is 1.55 bits per heavy atom. The van der Waals surface area contributed by atoms with Crippen LogP contribution in [0.4, 0.5) is 11.4 Å². The van der Waals surface area contributed by atoms with E-state index >= 15 is 0 Å². The van der Waals surface area contributed by atoms with E-state index in [9.17, 15) is 24.5 Å². The molecule has 1 spiro atoms. The minimum Gasteiger partial charge on any atom is -0.497 e. The van der Waals surface area contributed by atoms with E-state index < -0.39 is 28.3 Å². The van der Waals surface area contributed by atoms with Gasteiger partial charge in [0.15, 0.2) is 17.3 Å². The first kappa shape index (κ1) is 25.6. The van der Waals surface area contributed by atoms with E-state index in [0.717, 1.165) is 11.3 Å². The third kappa shape index (κ3) is 3.38. The normalized spacial score (nSPS) is 21.2. The fourth-order valence-electron chi connectivity index (χ4n) is 7.04. The van der Waals surface area contributed by atoms with Gasteiger partial charge in [0.05, 0.1) is 18.1 Å². The molecular weight excluding hydrogens is 532 g/mol. The zero-order valence-corrected chi connectivity index (χ0v) is 22.5. The molecule has 0 bridgehead atoms. The van der Waals surface area contributed by atoms with Crippen LogP contribution in [0.1, 0.15) is 48.1 Å². The number of non-ortho nitro benzene ring substituents is 1. The summed E-state index contributed by atoms with van der Waals surface area (Å²) in [7, 11) is 1.53. The molecule has 0 aromatic heterocycles. The fraction of sp³-hybridized carbons (Fsp3) is 0.147. The van der Waals surface area contributed by atoms with Gasteiger partial charge in [0.25, 0.3) is 5.69 Å². The average molecular weight is 557 g/mol. The minimum absolute atomic E-state index is 0.139. The number of nitrogens with zero attached hydrogens (tertiary/aromatic N) is 2. The monoisotopic (exact) mass is 556 g/mol. The molecule has 1 aliphatic carbocycles. The van der Waals surface area contributed by atoms with E-state index in [-0.39, 0.29) is 28.6 Å². The van der Waals surface area contributed by atoms with Gasteiger partial charge in [0, 0.05) is 40.4 Å². The van der Waals surface area contributed by atoms with Crippen molar-refractivity contribution in [2.75, 3.05) is 12.0 Å². The molecule has 7 rings (SSSR count). The summed E-state index contributed by atoms with van der Waals surface area (Å²) in [5, 5.41) is 11.3. The van der Waals surface area contributed by atoms with Crippen LogP contribution in [0.2, 0.25) is 0 Å². The number of carbonyl (C=O) groups excluding carboxylic acids is 3. The van der Waals surface area contributed by atoms with Crippen LogP contribution in [0.3, 0.4) is 0 Å². The smallest absolute Gasteiger partial charge is 0.269 e. The molecule has 0 radical (unpaired) electrons. The number of fused-ring (bicyclic) bond motifs is 5. The Balaban J connectivity index is 1.52. The van der Waals surface area contributed by atoms with Crippen molar-refractivity contribution in [3.8, 4) is 5.75 Å². The molecule has 0 saturated carbocycles. The van der Waals surface area contributed by atoms with Gasteiger partial charge in [-0.3, -0.25) is 24.5 Å². The summed E-state index contributed by atoms with van der Waals surface area (Å²) in [5.74, 6) is -1.37. The number of rotatable bonds is 5. The zero-order valence-electron chi connectivity index (χ0n) is 22.5. The van der Waals surface area contributed by atoms with Crippen LogP contribution in [0.5, 0.6) is 5.75 Å². The molecule has 4 aromatic carbocycles. The van der Waals surface area contributed by atoms with Crippen molar-refractivity contribution in [3.05, 3.63) is 141 Å². The molecule has 42 heavy (non-hydrogen) atoms. The standard InChI is InChI=1S/C34H24N2O6/c1-42-24-9-6-8-22(19-24)29-30(31(37)21-13-16-23(17-14-21)36(40)41)35-27-12-5-2-7-20(27)15-18-28(35)34(29)32(38)25-10-3-4-11-26(25)33(34)39/h2-19,28-30H,1H3/t28-,29+,30-/m1/s1. The van der Waals surface area contributed by atoms with Crippen molar-refractivity contribution in [2.45, 2.75) is 18.0 Å². The van der Waals surface area contributed by atoms with Gasteiger partial charge >= 0.3 is 0 Å². The second-order valence-electron chi connectivity index (χ2n) is 10.7. The number of methoxy groups -OCH3 is 1. The number of ether oxygens (including phenoxy) is 1. The Bertz CT molecular complexity index is 1810. The largest absolute Gasteiger partial charge is 0.497 e. The Morgan fingerprint density at radius 1 is 0.881 bits per heavy atom. The van der Waals surface area contributed by atoms with Crippen LogP contribution < -0.4 is 9.64 Å². The number of hydrogen-bond donors (Lipinski definition) is 0. The van der Waals surface area contributed by atoms with Crippen molar-refractivity contribution >= 4 is 34.8 Å². The number of Topliss-reactive ketones (excluding diaryl/α,β-unsaturated/α-hetero) is 3. The number of benzene rings is 4. The van der Waals surface area contributed by atoms with Crippen LogP contribution >= 0.6 is 0 Å². The zero-order chi connectivity index (χ0) is 29.2. The molecule has 2 heterocycles. The lowest BCUT2D eigenvalue weighted by Gasteiger charge is -2.37. The highest BCUT2D eigenvalue weighted by Gasteiger charge is 2.71. The molecule has 0 amide bonds. The lowest BCUT2D eigenvalue weighted by molar-refractivity contribution is -0.384. The SMILES string of the molecule is COc1cccc([C@H]2[C@H](C(=O)c3ccc([N+](=O)[O-])cc3)N3c4ccccc4C=C[C@@H]3C23C(=O)c2ccccc2C3=O)c1. The topological polar surface area (TPSA) is 107 Å². The Kier molecular flexibility index (Phi) is 5.69.